The third kappa shape index (κ3) is 5.58. The molecule has 0 saturated carbocycles. The van der Waals surface area contributed by atoms with Gasteiger partial charge in [0.1, 0.15) is 29.1 Å². The minimum Gasteiger partial charge on any atom is -0.497 e. The third-order valence-corrected chi connectivity index (χ3v) is 4.95. The van der Waals surface area contributed by atoms with Gasteiger partial charge in [0.2, 0.25) is 11.2 Å². The number of hydrogen-bond acceptors (Lipinski definition) is 6. The first kappa shape index (κ1) is 22.5. The van der Waals surface area contributed by atoms with Crippen LogP contribution in [0.25, 0.3) is 11.0 Å². The molecule has 1 aromatic heterocycles. The van der Waals surface area contributed by atoms with Gasteiger partial charge < -0.3 is 23.9 Å². The van der Waals surface area contributed by atoms with E-state index in [0.29, 0.717) is 44.0 Å². The highest BCUT2D eigenvalue weighted by Gasteiger charge is 2.12. The quantitative estimate of drug-likeness (QED) is 0.349. The largest absolute Gasteiger partial charge is 0.497 e. The molecule has 0 fully saturated rings. The number of amides is 1. The Hall–Kier alpha value is -3.68. The van der Waals surface area contributed by atoms with Crippen LogP contribution >= 0.6 is 23.2 Å². The SMILES string of the molecule is COc1ccc(Oc2coc3cc(OCC(=O)Nc4cc(Cl)cc(Cl)c4)ccc3c2=O)cc1. The van der Waals surface area contributed by atoms with Crippen LogP contribution in [-0.2, 0) is 4.79 Å². The Morgan fingerprint density at radius 1 is 0.939 bits per heavy atom. The van der Waals surface area contributed by atoms with Crippen LogP contribution in [-0.4, -0.2) is 19.6 Å². The van der Waals surface area contributed by atoms with Crippen molar-refractivity contribution in [1.29, 1.82) is 0 Å². The number of carbonyl (C=O) groups excluding carboxylic acids is 1. The fraction of sp³-hybridized carbons (Fsp3) is 0.0833. The summed E-state index contributed by atoms with van der Waals surface area (Å²) in [6.07, 6.45) is 1.23. The smallest absolute Gasteiger partial charge is 0.262 e. The van der Waals surface area contributed by atoms with E-state index in [2.05, 4.69) is 5.32 Å². The van der Waals surface area contributed by atoms with Gasteiger partial charge in [0.25, 0.3) is 5.91 Å². The van der Waals surface area contributed by atoms with E-state index in [1.807, 2.05) is 0 Å². The molecule has 3 aromatic carbocycles. The van der Waals surface area contributed by atoms with Crippen LogP contribution in [0.4, 0.5) is 5.69 Å². The molecule has 7 nitrogen and oxygen atoms in total. The molecule has 0 radical (unpaired) electrons. The number of rotatable bonds is 7. The summed E-state index contributed by atoms with van der Waals surface area (Å²) in [5.74, 6) is 1.13. The number of methoxy groups -OCH3 is 1. The van der Waals surface area contributed by atoms with Crippen molar-refractivity contribution in [3.63, 3.8) is 0 Å². The Balaban J connectivity index is 1.44. The maximum Gasteiger partial charge on any atom is 0.262 e. The zero-order chi connectivity index (χ0) is 23.4. The Morgan fingerprint density at radius 2 is 1.61 bits per heavy atom. The lowest BCUT2D eigenvalue weighted by molar-refractivity contribution is -0.118. The molecule has 1 N–H and O–H groups in total. The first-order chi connectivity index (χ1) is 15.9. The Morgan fingerprint density at radius 3 is 2.30 bits per heavy atom. The van der Waals surface area contributed by atoms with Gasteiger partial charge in [-0.1, -0.05) is 23.2 Å². The summed E-state index contributed by atoms with van der Waals surface area (Å²) in [6, 6.07) is 16.2. The maximum atomic E-state index is 12.8. The number of carbonyl (C=O) groups is 1. The number of hydrogen-bond donors (Lipinski definition) is 1. The van der Waals surface area contributed by atoms with Crippen molar-refractivity contribution in [2.75, 3.05) is 19.0 Å². The molecule has 1 heterocycles. The average Bonchev–Trinajstić information content (AvgIpc) is 2.79. The van der Waals surface area contributed by atoms with Gasteiger partial charge in [-0.3, -0.25) is 9.59 Å². The van der Waals surface area contributed by atoms with Gasteiger partial charge in [-0.05, 0) is 54.6 Å². The first-order valence-electron chi connectivity index (χ1n) is 9.67. The van der Waals surface area contributed by atoms with E-state index in [0.717, 1.165) is 0 Å². The van der Waals surface area contributed by atoms with Crippen molar-refractivity contribution >= 4 is 45.8 Å². The van der Waals surface area contributed by atoms with Crippen molar-refractivity contribution in [3.05, 3.63) is 87.2 Å². The molecule has 4 aromatic rings. The van der Waals surface area contributed by atoms with E-state index < -0.39 is 5.91 Å². The minimum absolute atomic E-state index is 0.0425. The average molecular weight is 486 g/mol. The highest BCUT2D eigenvalue weighted by Crippen LogP contribution is 2.26. The van der Waals surface area contributed by atoms with E-state index in [1.165, 1.54) is 12.3 Å². The second-order valence-corrected chi connectivity index (χ2v) is 7.73. The van der Waals surface area contributed by atoms with Crippen LogP contribution in [0.3, 0.4) is 0 Å². The summed E-state index contributed by atoms with van der Waals surface area (Å²) < 4.78 is 21.8. The summed E-state index contributed by atoms with van der Waals surface area (Å²) >= 11 is 11.9. The normalized spacial score (nSPS) is 10.6. The van der Waals surface area contributed by atoms with Crippen molar-refractivity contribution < 1.29 is 23.4 Å². The number of ether oxygens (including phenoxy) is 3. The number of benzene rings is 3. The lowest BCUT2D eigenvalue weighted by atomic mass is 10.2. The lowest BCUT2D eigenvalue weighted by Crippen LogP contribution is -2.20. The summed E-state index contributed by atoms with van der Waals surface area (Å²) in [7, 11) is 1.56. The molecule has 0 saturated heterocycles. The lowest BCUT2D eigenvalue weighted by Gasteiger charge is -2.09. The number of nitrogens with one attached hydrogen (secondary N) is 1. The van der Waals surface area contributed by atoms with Crippen LogP contribution in [0.2, 0.25) is 10.0 Å². The van der Waals surface area contributed by atoms with Gasteiger partial charge in [-0.25, -0.2) is 0 Å². The monoisotopic (exact) mass is 485 g/mol. The van der Waals surface area contributed by atoms with E-state index in [1.54, 1.807) is 61.7 Å². The van der Waals surface area contributed by atoms with E-state index in [-0.39, 0.29) is 17.8 Å². The van der Waals surface area contributed by atoms with E-state index in [4.69, 9.17) is 41.8 Å². The van der Waals surface area contributed by atoms with Crippen LogP contribution in [0.5, 0.6) is 23.0 Å². The predicted molar refractivity (Wildman–Crippen MR) is 126 cm³/mol. The van der Waals surface area contributed by atoms with E-state index in [9.17, 15) is 9.59 Å². The minimum atomic E-state index is -0.405. The molecule has 0 bridgehead atoms. The molecule has 9 heteroatoms. The fourth-order valence-electron chi connectivity index (χ4n) is 2.99. The molecule has 0 aliphatic rings. The second-order valence-electron chi connectivity index (χ2n) is 6.86. The van der Waals surface area contributed by atoms with Crippen molar-refractivity contribution in [2.24, 2.45) is 0 Å². The van der Waals surface area contributed by atoms with E-state index >= 15 is 0 Å². The molecule has 168 valence electrons. The predicted octanol–water partition coefficient (Wildman–Crippen LogP) is 5.92. The molecule has 0 aliphatic carbocycles. The molecule has 1 amide bonds. The molecule has 0 aliphatic heterocycles. The van der Waals surface area contributed by atoms with Gasteiger partial charge in [-0.2, -0.15) is 0 Å². The third-order valence-electron chi connectivity index (χ3n) is 4.52. The standard InChI is InChI=1S/C24H17Cl2NO6/c1-30-17-2-4-18(5-3-17)33-22-12-32-21-11-19(6-7-20(21)24(22)29)31-13-23(28)27-16-9-14(25)8-15(26)10-16/h2-12H,13H2,1H3,(H,27,28). The van der Waals surface area contributed by atoms with Crippen molar-refractivity contribution in [1.82, 2.24) is 0 Å². The van der Waals surface area contributed by atoms with Gasteiger partial charge in [-0.15, -0.1) is 0 Å². The highest BCUT2D eigenvalue weighted by molar-refractivity contribution is 6.35. The van der Waals surface area contributed by atoms with Crippen LogP contribution in [0.15, 0.2) is 76.1 Å². The maximum absolute atomic E-state index is 12.8. The zero-order valence-corrected chi connectivity index (χ0v) is 18.8. The van der Waals surface area contributed by atoms with Crippen LogP contribution < -0.4 is 25.0 Å². The van der Waals surface area contributed by atoms with Gasteiger partial charge >= 0.3 is 0 Å². The topological polar surface area (TPSA) is 87.0 Å². The van der Waals surface area contributed by atoms with Gasteiger partial charge in [0.05, 0.1) is 12.5 Å². The Kier molecular flexibility index (Phi) is 6.72. The molecular formula is C24H17Cl2NO6. The summed E-state index contributed by atoms with van der Waals surface area (Å²) in [6.45, 7) is -0.265. The zero-order valence-electron chi connectivity index (χ0n) is 17.3. The first-order valence-corrected chi connectivity index (χ1v) is 10.4. The number of anilines is 1. The van der Waals surface area contributed by atoms with Gasteiger partial charge in [0.15, 0.2) is 6.61 Å². The molecule has 0 spiro atoms. The highest BCUT2D eigenvalue weighted by atomic mass is 35.5. The summed E-state index contributed by atoms with van der Waals surface area (Å²) in [5.41, 5.74) is 0.408. The molecule has 0 unspecified atom stereocenters. The summed E-state index contributed by atoms with van der Waals surface area (Å²) in [4.78, 5) is 24.9. The van der Waals surface area contributed by atoms with Crippen molar-refractivity contribution in [2.45, 2.75) is 0 Å². The Labute approximate surface area is 198 Å². The summed E-state index contributed by atoms with van der Waals surface area (Å²) in [5, 5.41) is 3.76. The molecule has 33 heavy (non-hydrogen) atoms. The fourth-order valence-corrected chi connectivity index (χ4v) is 3.52. The molecule has 4 rings (SSSR count). The van der Waals surface area contributed by atoms with Crippen LogP contribution in [0, 0.1) is 0 Å². The molecule has 0 atom stereocenters. The number of halogens is 2. The number of fused-ring (bicyclic) bond motifs is 1. The second kappa shape index (κ2) is 9.85. The Bertz CT molecular complexity index is 1350. The van der Waals surface area contributed by atoms with Gasteiger partial charge in [0, 0.05) is 21.8 Å². The molecular weight excluding hydrogens is 469 g/mol. The van der Waals surface area contributed by atoms with Crippen LogP contribution in [0.1, 0.15) is 0 Å². The van der Waals surface area contributed by atoms with Crippen molar-refractivity contribution in [3.8, 4) is 23.0 Å².